The summed E-state index contributed by atoms with van der Waals surface area (Å²) in [5, 5.41) is 2.77. The highest BCUT2D eigenvalue weighted by molar-refractivity contribution is 5.91. The number of carbonyl (C=O) groups excluding carboxylic acids is 2. The molecule has 0 bridgehead atoms. The van der Waals surface area contributed by atoms with Crippen molar-refractivity contribution in [1.82, 2.24) is 5.32 Å². The molecule has 1 rings (SSSR count). The molecular formula is C15H21NO4. The smallest absolute Gasteiger partial charge is 0.338 e. The molecule has 0 saturated heterocycles. The van der Waals surface area contributed by atoms with Crippen molar-refractivity contribution >= 4 is 11.9 Å². The molecule has 1 N–H and O–H groups in total. The Balaban J connectivity index is 2.48. The quantitative estimate of drug-likeness (QED) is 0.809. The minimum atomic E-state index is -0.545. The summed E-state index contributed by atoms with van der Waals surface area (Å²) in [6, 6.07) is 6.64. The second-order valence-corrected chi connectivity index (χ2v) is 4.91. The molecule has 20 heavy (non-hydrogen) atoms. The maximum absolute atomic E-state index is 11.8. The summed E-state index contributed by atoms with van der Waals surface area (Å²) in [5.74, 6) is 0.0454. The highest BCUT2D eigenvalue weighted by atomic mass is 16.5. The number of rotatable bonds is 6. The van der Waals surface area contributed by atoms with Crippen LogP contribution in [0.5, 0.6) is 5.75 Å². The van der Waals surface area contributed by atoms with Crippen molar-refractivity contribution in [3.05, 3.63) is 29.8 Å². The molecule has 0 aromatic heterocycles. The number of ether oxygens (including phenoxy) is 2. The van der Waals surface area contributed by atoms with E-state index < -0.39 is 5.97 Å². The summed E-state index contributed by atoms with van der Waals surface area (Å²) < 4.78 is 9.99. The molecule has 110 valence electrons. The van der Waals surface area contributed by atoms with Crippen LogP contribution >= 0.6 is 0 Å². The minimum Gasteiger partial charge on any atom is -0.497 e. The van der Waals surface area contributed by atoms with Crippen LogP contribution in [0.3, 0.4) is 0 Å². The number of hydrogen-bond donors (Lipinski definition) is 1. The lowest BCUT2D eigenvalue weighted by molar-refractivity contribution is -0.125. The van der Waals surface area contributed by atoms with Crippen molar-refractivity contribution < 1.29 is 19.1 Å². The average Bonchev–Trinajstić information content (AvgIpc) is 2.44. The molecule has 5 nitrogen and oxygen atoms in total. The number of benzene rings is 1. The van der Waals surface area contributed by atoms with Gasteiger partial charge in [-0.15, -0.1) is 0 Å². The number of carbonyl (C=O) groups is 2. The van der Waals surface area contributed by atoms with Gasteiger partial charge in [0.05, 0.1) is 12.7 Å². The molecule has 0 saturated carbocycles. The fourth-order valence-corrected chi connectivity index (χ4v) is 1.43. The summed E-state index contributed by atoms with van der Waals surface area (Å²) in [4.78, 5) is 23.4. The van der Waals surface area contributed by atoms with E-state index in [9.17, 15) is 9.59 Å². The van der Waals surface area contributed by atoms with E-state index in [2.05, 4.69) is 5.32 Å². The zero-order valence-electron chi connectivity index (χ0n) is 12.3. The van der Waals surface area contributed by atoms with E-state index in [1.165, 1.54) is 7.11 Å². The van der Waals surface area contributed by atoms with E-state index in [1.54, 1.807) is 24.3 Å². The number of nitrogens with one attached hydrogen (secondary N) is 1. The standard InChI is InChI=1S/C15H21NO4/c1-10(2)11(3)16-14(17)9-20-15(18)12-6-5-7-13(8-12)19-4/h5-8,10-11H,9H2,1-4H3,(H,16,17)/t11-/m0/s1. The molecule has 0 aliphatic carbocycles. The van der Waals surface area contributed by atoms with Crippen LogP contribution in [0.1, 0.15) is 31.1 Å². The van der Waals surface area contributed by atoms with E-state index in [0.717, 1.165) is 0 Å². The first-order valence-electron chi connectivity index (χ1n) is 6.54. The molecule has 0 fully saturated rings. The molecule has 1 aromatic rings. The van der Waals surface area contributed by atoms with Crippen molar-refractivity contribution in [2.45, 2.75) is 26.8 Å². The van der Waals surface area contributed by atoms with Crippen molar-refractivity contribution in [2.75, 3.05) is 13.7 Å². The summed E-state index contributed by atoms with van der Waals surface area (Å²) in [6.45, 7) is 5.64. The second-order valence-electron chi connectivity index (χ2n) is 4.91. The number of methoxy groups -OCH3 is 1. The first-order valence-corrected chi connectivity index (χ1v) is 6.54. The third kappa shape index (κ3) is 4.91. The van der Waals surface area contributed by atoms with Crippen LogP contribution in [0.4, 0.5) is 0 Å². The highest BCUT2D eigenvalue weighted by Crippen LogP contribution is 2.13. The van der Waals surface area contributed by atoms with Gasteiger partial charge in [0.25, 0.3) is 5.91 Å². The molecule has 0 spiro atoms. The number of esters is 1. The lowest BCUT2D eigenvalue weighted by Crippen LogP contribution is -2.38. The summed E-state index contributed by atoms with van der Waals surface area (Å²) in [6.07, 6.45) is 0. The third-order valence-electron chi connectivity index (χ3n) is 3.03. The largest absolute Gasteiger partial charge is 0.497 e. The van der Waals surface area contributed by atoms with Gasteiger partial charge in [0.15, 0.2) is 6.61 Å². The zero-order chi connectivity index (χ0) is 15.1. The number of amides is 1. The van der Waals surface area contributed by atoms with Crippen molar-refractivity contribution in [1.29, 1.82) is 0 Å². The molecule has 0 aliphatic rings. The van der Waals surface area contributed by atoms with Crippen LogP contribution in [0.15, 0.2) is 24.3 Å². The third-order valence-corrected chi connectivity index (χ3v) is 3.03. The Labute approximate surface area is 119 Å². The topological polar surface area (TPSA) is 64.6 Å². The molecule has 0 aliphatic heterocycles. The normalized spacial score (nSPS) is 11.8. The maximum atomic E-state index is 11.8. The van der Waals surface area contributed by atoms with Crippen LogP contribution in [-0.4, -0.2) is 31.6 Å². The van der Waals surface area contributed by atoms with Crippen LogP contribution in [0, 0.1) is 5.92 Å². The Hall–Kier alpha value is -2.04. The lowest BCUT2D eigenvalue weighted by Gasteiger charge is -2.17. The van der Waals surface area contributed by atoms with Crippen molar-refractivity contribution in [2.24, 2.45) is 5.92 Å². The highest BCUT2D eigenvalue weighted by Gasteiger charge is 2.14. The first kappa shape index (κ1) is 16.0. The Bertz CT molecular complexity index is 471. The van der Waals surface area contributed by atoms with Crippen LogP contribution < -0.4 is 10.1 Å². The fraction of sp³-hybridized carbons (Fsp3) is 0.467. The van der Waals surface area contributed by atoms with Gasteiger partial charge in [-0.05, 0) is 31.0 Å². The molecule has 0 radical (unpaired) electrons. The number of hydrogen-bond acceptors (Lipinski definition) is 4. The van der Waals surface area contributed by atoms with Gasteiger partial charge in [0.2, 0.25) is 0 Å². The Kier molecular flexibility index (Phi) is 6.03. The maximum Gasteiger partial charge on any atom is 0.338 e. The molecular weight excluding hydrogens is 258 g/mol. The molecule has 0 unspecified atom stereocenters. The van der Waals surface area contributed by atoms with Crippen LogP contribution in [0.25, 0.3) is 0 Å². The monoisotopic (exact) mass is 279 g/mol. The predicted octanol–water partition coefficient (Wildman–Crippen LogP) is 2.01. The van der Waals surface area contributed by atoms with E-state index in [-0.39, 0.29) is 18.6 Å². The van der Waals surface area contributed by atoms with Crippen LogP contribution in [0.2, 0.25) is 0 Å². The van der Waals surface area contributed by atoms with E-state index in [4.69, 9.17) is 9.47 Å². The molecule has 0 heterocycles. The van der Waals surface area contributed by atoms with Crippen molar-refractivity contribution in [3.63, 3.8) is 0 Å². The molecule has 1 aromatic carbocycles. The molecule has 1 amide bonds. The van der Waals surface area contributed by atoms with E-state index >= 15 is 0 Å². The molecule has 1 atom stereocenters. The van der Waals surface area contributed by atoms with Gasteiger partial charge < -0.3 is 14.8 Å². The second kappa shape index (κ2) is 7.53. The predicted molar refractivity (Wildman–Crippen MR) is 75.7 cm³/mol. The lowest BCUT2D eigenvalue weighted by atomic mass is 10.1. The Morgan fingerprint density at radius 3 is 2.55 bits per heavy atom. The van der Waals surface area contributed by atoms with Gasteiger partial charge in [0, 0.05) is 6.04 Å². The van der Waals surface area contributed by atoms with Gasteiger partial charge in [-0.2, -0.15) is 0 Å². The summed E-state index contributed by atoms with van der Waals surface area (Å²) >= 11 is 0. The minimum absolute atomic E-state index is 0.0398. The van der Waals surface area contributed by atoms with E-state index in [1.807, 2.05) is 20.8 Å². The van der Waals surface area contributed by atoms with Gasteiger partial charge in [0.1, 0.15) is 5.75 Å². The SMILES string of the molecule is COc1cccc(C(=O)OCC(=O)N[C@@H](C)C(C)C)c1. The molecule has 5 heteroatoms. The van der Waals surface area contributed by atoms with Crippen molar-refractivity contribution in [3.8, 4) is 5.75 Å². The summed E-state index contributed by atoms with van der Waals surface area (Å²) in [7, 11) is 1.52. The van der Waals surface area contributed by atoms with Gasteiger partial charge in [-0.1, -0.05) is 19.9 Å². The van der Waals surface area contributed by atoms with Gasteiger partial charge in [-0.25, -0.2) is 4.79 Å². The zero-order valence-corrected chi connectivity index (χ0v) is 12.3. The Morgan fingerprint density at radius 1 is 1.25 bits per heavy atom. The van der Waals surface area contributed by atoms with Gasteiger partial charge in [-0.3, -0.25) is 4.79 Å². The summed E-state index contributed by atoms with van der Waals surface area (Å²) in [5.41, 5.74) is 0.356. The van der Waals surface area contributed by atoms with Gasteiger partial charge >= 0.3 is 5.97 Å². The Morgan fingerprint density at radius 2 is 1.95 bits per heavy atom. The first-order chi connectivity index (χ1) is 9.43. The fourth-order valence-electron chi connectivity index (χ4n) is 1.43. The van der Waals surface area contributed by atoms with E-state index in [0.29, 0.717) is 17.2 Å². The average molecular weight is 279 g/mol. The van der Waals surface area contributed by atoms with Crippen LogP contribution in [-0.2, 0) is 9.53 Å².